The second kappa shape index (κ2) is 9.14. The summed E-state index contributed by atoms with van der Waals surface area (Å²) < 4.78 is 2.07. The zero-order valence-electron chi connectivity index (χ0n) is 18.6. The first-order valence-electron chi connectivity index (χ1n) is 10.6. The van der Waals surface area contributed by atoms with Gasteiger partial charge >= 0.3 is 5.69 Å². The van der Waals surface area contributed by atoms with Crippen LogP contribution in [0.4, 0.5) is 5.69 Å². The molecule has 0 aliphatic rings. The zero-order valence-corrected chi connectivity index (χ0v) is 18.6. The van der Waals surface area contributed by atoms with Crippen molar-refractivity contribution in [1.82, 2.24) is 14.5 Å². The number of benzene rings is 3. The van der Waals surface area contributed by atoms with E-state index in [-0.39, 0.29) is 29.3 Å². The fourth-order valence-corrected chi connectivity index (χ4v) is 3.87. The molecule has 0 aliphatic heterocycles. The number of aryl methyl sites for hydroxylation is 1. The zero-order chi connectivity index (χ0) is 24.4. The molecule has 172 valence electrons. The standard InChI is InChI=1S/C25H22N4O5/c1-16-11-12-22-21(13-16)24(31)28(19-9-6-10-20(14-19)29(33)34)25(32)27(22)15-23(30)26-17(2)18-7-4-3-5-8-18/h3-14,17H,15H2,1-2H3,(H,26,30)/t17-/m1/s1. The number of non-ortho nitro benzene ring substituents is 1. The van der Waals surface area contributed by atoms with E-state index in [1.807, 2.05) is 37.3 Å². The van der Waals surface area contributed by atoms with Gasteiger partial charge in [-0.2, -0.15) is 0 Å². The molecule has 9 heteroatoms. The number of hydrogen-bond donors (Lipinski definition) is 1. The normalized spacial score (nSPS) is 11.8. The van der Waals surface area contributed by atoms with E-state index in [0.717, 1.165) is 21.8 Å². The van der Waals surface area contributed by atoms with Crippen molar-refractivity contribution in [3.8, 4) is 5.69 Å². The number of nitrogens with zero attached hydrogens (tertiary/aromatic N) is 3. The van der Waals surface area contributed by atoms with E-state index in [4.69, 9.17) is 0 Å². The van der Waals surface area contributed by atoms with Gasteiger partial charge in [-0.1, -0.05) is 48.0 Å². The van der Waals surface area contributed by atoms with Crippen molar-refractivity contribution < 1.29 is 9.72 Å². The molecule has 0 radical (unpaired) electrons. The van der Waals surface area contributed by atoms with E-state index in [9.17, 15) is 24.5 Å². The van der Waals surface area contributed by atoms with Crippen molar-refractivity contribution in [3.05, 3.63) is 115 Å². The maximum atomic E-state index is 13.4. The Hall–Kier alpha value is -4.53. The number of rotatable bonds is 6. The Morgan fingerprint density at radius 1 is 1.03 bits per heavy atom. The van der Waals surface area contributed by atoms with Crippen molar-refractivity contribution in [2.24, 2.45) is 0 Å². The third-order valence-electron chi connectivity index (χ3n) is 5.58. The number of fused-ring (bicyclic) bond motifs is 1. The van der Waals surface area contributed by atoms with Gasteiger partial charge in [-0.15, -0.1) is 0 Å². The van der Waals surface area contributed by atoms with Gasteiger partial charge < -0.3 is 5.32 Å². The summed E-state index contributed by atoms with van der Waals surface area (Å²) >= 11 is 0. The Bertz CT molecular complexity index is 1520. The van der Waals surface area contributed by atoms with Gasteiger partial charge in [0.25, 0.3) is 11.2 Å². The number of nitro groups is 1. The van der Waals surface area contributed by atoms with E-state index in [1.54, 1.807) is 25.1 Å². The van der Waals surface area contributed by atoms with Crippen LogP contribution in [0.2, 0.25) is 0 Å². The van der Waals surface area contributed by atoms with Crippen LogP contribution in [0.3, 0.4) is 0 Å². The number of carbonyl (C=O) groups is 1. The fraction of sp³-hybridized carbons (Fsp3) is 0.160. The summed E-state index contributed by atoms with van der Waals surface area (Å²) in [6.45, 7) is 3.31. The number of amides is 1. The van der Waals surface area contributed by atoms with Crippen molar-refractivity contribution in [3.63, 3.8) is 0 Å². The minimum atomic E-state index is -0.760. The molecule has 0 saturated carbocycles. The van der Waals surface area contributed by atoms with Crippen molar-refractivity contribution >= 4 is 22.5 Å². The Morgan fingerprint density at radius 3 is 2.47 bits per heavy atom. The third kappa shape index (κ3) is 4.36. The first-order valence-corrected chi connectivity index (χ1v) is 10.6. The molecule has 0 fully saturated rings. The van der Waals surface area contributed by atoms with Crippen LogP contribution in [0.5, 0.6) is 0 Å². The van der Waals surface area contributed by atoms with Crippen LogP contribution in [0.15, 0.2) is 82.4 Å². The monoisotopic (exact) mass is 458 g/mol. The minimum Gasteiger partial charge on any atom is -0.348 e. The third-order valence-corrected chi connectivity index (χ3v) is 5.58. The van der Waals surface area contributed by atoms with Gasteiger partial charge in [0.15, 0.2) is 0 Å². The molecule has 1 atom stereocenters. The Labute approximate surface area is 194 Å². The number of nitro benzene ring substituents is 1. The smallest absolute Gasteiger partial charge is 0.336 e. The second-order valence-electron chi connectivity index (χ2n) is 8.01. The van der Waals surface area contributed by atoms with Gasteiger partial charge in [-0.3, -0.25) is 24.3 Å². The van der Waals surface area contributed by atoms with Crippen LogP contribution in [-0.2, 0) is 11.3 Å². The van der Waals surface area contributed by atoms with Crippen molar-refractivity contribution in [2.45, 2.75) is 26.4 Å². The van der Waals surface area contributed by atoms with E-state index in [1.165, 1.54) is 22.8 Å². The van der Waals surface area contributed by atoms with Gasteiger partial charge in [0, 0.05) is 12.1 Å². The summed E-state index contributed by atoms with van der Waals surface area (Å²) in [6.07, 6.45) is 0. The number of aromatic nitrogens is 2. The molecule has 1 heterocycles. The summed E-state index contributed by atoms with van der Waals surface area (Å²) in [5, 5.41) is 14.3. The van der Waals surface area contributed by atoms with Crippen LogP contribution in [0.1, 0.15) is 24.1 Å². The van der Waals surface area contributed by atoms with E-state index in [2.05, 4.69) is 5.32 Å². The topological polar surface area (TPSA) is 116 Å². The molecule has 0 spiro atoms. The molecule has 1 amide bonds. The molecule has 4 rings (SSSR count). The Balaban J connectivity index is 1.82. The first kappa shape index (κ1) is 22.7. The summed E-state index contributed by atoms with van der Waals surface area (Å²) in [5.41, 5.74) is 0.439. The molecule has 9 nitrogen and oxygen atoms in total. The molecule has 34 heavy (non-hydrogen) atoms. The molecule has 0 unspecified atom stereocenters. The van der Waals surface area contributed by atoms with E-state index >= 15 is 0 Å². The molecular weight excluding hydrogens is 436 g/mol. The lowest BCUT2D eigenvalue weighted by molar-refractivity contribution is -0.384. The van der Waals surface area contributed by atoms with Gasteiger partial charge in [-0.05, 0) is 37.6 Å². The molecule has 0 bridgehead atoms. The predicted octanol–water partition coefficient (Wildman–Crippen LogP) is 3.25. The average Bonchev–Trinajstić information content (AvgIpc) is 2.82. The highest BCUT2D eigenvalue weighted by molar-refractivity contribution is 5.82. The highest BCUT2D eigenvalue weighted by Gasteiger charge is 2.19. The average molecular weight is 458 g/mol. The molecule has 1 N–H and O–H groups in total. The molecule has 3 aromatic carbocycles. The number of carbonyl (C=O) groups excluding carboxylic acids is 1. The highest BCUT2D eigenvalue weighted by atomic mass is 16.6. The molecular formula is C25H22N4O5. The lowest BCUT2D eigenvalue weighted by Crippen LogP contribution is -2.42. The first-order chi connectivity index (χ1) is 16.3. The lowest BCUT2D eigenvalue weighted by Gasteiger charge is -2.17. The van der Waals surface area contributed by atoms with Gasteiger partial charge in [0.2, 0.25) is 5.91 Å². The molecule has 0 aliphatic carbocycles. The molecule has 4 aromatic rings. The summed E-state index contributed by atoms with van der Waals surface area (Å²) in [7, 11) is 0. The lowest BCUT2D eigenvalue weighted by atomic mass is 10.1. The van der Waals surface area contributed by atoms with Crippen LogP contribution in [0.25, 0.3) is 16.6 Å². The van der Waals surface area contributed by atoms with Gasteiger partial charge in [0.1, 0.15) is 6.54 Å². The number of hydrogen-bond acceptors (Lipinski definition) is 5. The van der Waals surface area contributed by atoms with Crippen LogP contribution in [-0.4, -0.2) is 20.0 Å². The SMILES string of the molecule is Cc1ccc2c(c1)c(=O)n(-c1cccc([N+](=O)[O-])c1)c(=O)n2CC(=O)N[C@H](C)c1ccccc1. The van der Waals surface area contributed by atoms with Gasteiger partial charge in [-0.25, -0.2) is 9.36 Å². The summed E-state index contributed by atoms with van der Waals surface area (Å²) in [6, 6.07) is 19.4. The quantitative estimate of drug-likeness (QED) is 0.352. The number of nitrogens with one attached hydrogen (secondary N) is 1. The van der Waals surface area contributed by atoms with Crippen LogP contribution >= 0.6 is 0 Å². The van der Waals surface area contributed by atoms with Crippen LogP contribution < -0.4 is 16.6 Å². The van der Waals surface area contributed by atoms with E-state index in [0.29, 0.717) is 5.52 Å². The summed E-state index contributed by atoms with van der Waals surface area (Å²) in [4.78, 5) is 50.2. The minimum absolute atomic E-state index is 0.0550. The largest absolute Gasteiger partial charge is 0.348 e. The summed E-state index contributed by atoms with van der Waals surface area (Å²) in [5.74, 6) is -0.412. The van der Waals surface area contributed by atoms with Crippen molar-refractivity contribution in [1.29, 1.82) is 0 Å². The van der Waals surface area contributed by atoms with E-state index < -0.39 is 22.1 Å². The predicted molar refractivity (Wildman–Crippen MR) is 128 cm³/mol. The maximum absolute atomic E-state index is 13.4. The Morgan fingerprint density at radius 2 is 1.76 bits per heavy atom. The maximum Gasteiger partial charge on any atom is 0.336 e. The molecule has 1 aromatic heterocycles. The highest BCUT2D eigenvalue weighted by Crippen LogP contribution is 2.17. The van der Waals surface area contributed by atoms with Crippen molar-refractivity contribution in [2.75, 3.05) is 0 Å². The second-order valence-corrected chi connectivity index (χ2v) is 8.01. The molecule has 0 saturated heterocycles. The Kier molecular flexibility index (Phi) is 6.09. The van der Waals surface area contributed by atoms with Crippen LogP contribution in [0, 0.1) is 17.0 Å². The fourth-order valence-electron chi connectivity index (χ4n) is 3.87. The van der Waals surface area contributed by atoms with Gasteiger partial charge in [0.05, 0.1) is 27.6 Å².